The van der Waals surface area contributed by atoms with Gasteiger partial charge in [-0.25, -0.2) is 4.79 Å². The monoisotopic (exact) mass is 412 g/mol. The number of carbonyl (C=O) groups is 3. The number of Topliss-reactive ketones (excluding diaryl/α,β-unsaturated/α-hetero) is 1. The number of benzene rings is 1. The maximum absolute atomic E-state index is 13.7. The van der Waals surface area contributed by atoms with Gasteiger partial charge in [0.15, 0.2) is 11.9 Å². The van der Waals surface area contributed by atoms with Crippen molar-refractivity contribution in [2.75, 3.05) is 0 Å². The zero-order valence-corrected chi connectivity index (χ0v) is 18.1. The van der Waals surface area contributed by atoms with Gasteiger partial charge in [-0.15, -0.1) is 0 Å². The summed E-state index contributed by atoms with van der Waals surface area (Å²) in [5, 5.41) is 0. The van der Waals surface area contributed by atoms with E-state index in [1.54, 1.807) is 37.3 Å². The molecular weight excluding hydrogens is 384 g/mol. The van der Waals surface area contributed by atoms with Crippen LogP contribution in [0.15, 0.2) is 42.0 Å². The quantitative estimate of drug-likeness (QED) is 0.557. The van der Waals surface area contributed by atoms with Crippen LogP contribution in [-0.4, -0.2) is 41.1 Å². The average Bonchev–Trinajstić information content (AvgIpc) is 2.92. The van der Waals surface area contributed by atoms with Gasteiger partial charge >= 0.3 is 11.9 Å². The molecule has 160 valence electrons. The molecule has 1 spiro atoms. The molecule has 1 heterocycles. The number of hydrogen-bond donors (Lipinski definition) is 0. The number of ketones is 1. The van der Waals surface area contributed by atoms with Gasteiger partial charge in [0.1, 0.15) is 17.1 Å². The normalized spacial score (nSPS) is 36.5. The minimum Gasteiger partial charge on any atom is -0.458 e. The molecule has 4 rings (SSSR count). The van der Waals surface area contributed by atoms with Crippen molar-refractivity contribution in [3.8, 4) is 0 Å². The average molecular weight is 412 g/mol. The summed E-state index contributed by atoms with van der Waals surface area (Å²) in [6.45, 7) is 9.01. The van der Waals surface area contributed by atoms with E-state index in [-0.39, 0.29) is 11.7 Å². The van der Waals surface area contributed by atoms with Crippen LogP contribution < -0.4 is 0 Å². The van der Waals surface area contributed by atoms with Crippen molar-refractivity contribution in [2.45, 2.75) is 70.9 Å². The van der Waals surface area contributed by atoms with Crippen molar-refractivity contribution in [3.05, 3.63) is 47.5 Å². The first-order valence-electron chi connectivity index (χ1n) is 10.4. The second-order valence-electron chi connectivity index (χ2n) is 9.38. The molecule has 1 aromatic rings. The minimum atomic E-state index is -1.17. The predicted octanol–water partition coefficient (Wildman–Crippen LogP) is 3.64. The number of ether oxygens (including phenoxy) is 3. The summed E-state index contributed by atoms with van der Waals surface area (Å²) in [7, 11) is 0. The fourth-order valence-electron chi connectivity index (χ4n) is 5.55. The Morgan fingerprint density at radius 2 is 1.77 bits per heavy atom. The van der Waals surface area contributed by atoms with Crippen molar-refractivity contribution in [3.63, 3.8) is 0 Å². The van der Waals surface area contributed by atoms with E-state index in [2.05, 4.69) is 0 Å². The van der Waals surface area contributed by atoms with Crippen LogP contribution in [0.2, 0.25) is 0 Å². The van der Waals surface area contributed by atoms with Crippen LogP contribution in [0.4, 0.5) is 0 Å². The standard InChI is InChI=1S/C24H28O6/c1-14-11-18(28-15(2)25)20(26)23(5)19(29-21(27)16-9-7-6-8-10-16)12-17-13-24(14,23)30-22(17,3)4/h6-11,17-19H,12-13H2,1-5H3/t17-,18+,19+,23-,24+/m1/s1. The first kappa shape index (κ1) is 20.8. The lowest BCUT2D eigenvalue weighted by Gasteiger charge is -2.54. The molecule has 1 aromatic carbocycles. The third-order valence-corrected chi connectivity index (χ3v) is 7.30. The van der Waals surface area contributed by atoms with E-state index >= 15 is 0 Å². The zero-order chi connectivity index (χ0) is 21.9. The lowest BCUT2D eigenvalue weighted by atomic mass is 9.53. The Kier molecular flexibility index (Phi) is 4.69. The Balaban J connectivity index is 1.79. The second kappa shape index (κ2) is 6.77. The summed E-state index contributed by atoms with van der Waals surface area (Å²) in [5.41, 5.74) is -1.26. The van der Waals surface area contributed by atoms with Crippen LogP contribution in [0.1, 0.15) is 57.8 Å². The van der Waals surface area contributed by atoms with E-state index in [0.29, 0.717) is 18.4 Å². The van der Waals surface area contributed by atoms with E-state index in [4.69, 9.17) is 14.2 Å². The molecule has 2 fully saturated rings. The Hall–Kier alpha value is -2.47. The third kappa shape index (κ3) is 2.84. The zero-order valence-electron chi connectivity index (χ0n) is 18.1. The van der Waals surface area contributed by atoms with E-state index < -0.39 is 40.8 Å². The highest BCUT2D eigenvalue weighted by Crippen LogP contribution is 2.64. The van der Waals surface area contributed by atoms with Crippen molar-refractivity contribution < 1.29 is 28.6 Å². The Morgan fingerprint density at radius 3 is 2.40 bits per heavy atom. The number of rotatable bonds is 3. The lowest BCUT2D eigenvalue weighted by Crippen LogP contribution is -2.65. The third-order valence-electron chi connectivity index (χ3n) is 7.30. The van der Waals surface area contributed by atoms with Gasteiger partial charge in [0.05, 0.1) is 11.2 Å². The Bertz CT molecular complexity index is 932. The van der Waals surface area contributed by atoms with Gasteiger partial charge in [-0.1, -0.05) is 18.2 Å². The number of fused-ring (bicyclic) bond motifs is 1. The first-order valence-corrected chi connectivity index (χ1v) is 10.4. The van der Waals surface area contributed by atoms with Gasteiger partial charge in [-0.3, -0.25) is 9.59 Å². The molecule has 6 nitrogen and oxygen atoms in total. The molecule has 0 N–H and O–H groups in total. The fourth-order valence-corrected chi connectivity index (χ4v) is 5.55. The molecular formula is C24H28O6. The van der Waals surface area contributed by atoms with Gasteiger partial charge in [-0.05, 0) is 70.2 Å². The highest BCUT2D eigenvalue weighted by atomic mass is 16.6. The fraction of sp³-hybridized carbons (Fsp3) is 0.542. The van der Waals surface area contributed by atoms with E-state index in [0.717, 1.165) is 5.57 Å². The number of carbonyl (C=O) groups excluding carboxylic acids is 3. The molecule has 0 radical (unpaired) electrons. The molecule has 0 aromatic heterocycles. The lowest BCUT2D eigenvalue weighted by molar-refractivity contribution is -0.187. The summed E-state index contributed by atoms with van der Waals surface area (Å²) in [6, 6.07) is 8.74. The SMILES string of the molecule is CC(=O)O[C@H]1C=C(C)[C@@]23C[C@@H](C[C@H](OC(=O)c4ccccc4)[C@]2(C)C1=O)C(C)(C)O3. The van der Waals surface area contributed by atoms with Crippen molar-refractivity contribution >= 4 is 17.7 Å². The molecule has 0 amide bonds. The summed E-state index contributed by atoms with van der Waals surface area (Å²) >= 11 is 0. The van der Waals surface area contributed by atoms with Crippen LogP contribution in [0.25, 0.3) is 0 Å². The number of esters is 2. The van der Waals surface area contributed by atoms with Crippen molar-refractivity contribution in [1.29, 1.82) is 0 Å². The Labute approximate surface area is 176 Å². The molecule has 1 saturated heterocycles. The smallest absolute Gasteiger partial charge is 0.338 e. The van der Waals surface area contributed by atoms with Gasteiger partial charge < -0.3 is 14.2 Å². The van der Waals surface area contributed by atoms with Crippen molar-refractivity contribution in [2.24, 2.45) is 11.3 Å². The highest BCUT2D eigenvalue weighted by molar-refractivity contribution is 5.97. The molecule has 3 aliphatic rings. The highest BCUT2D eigenvalue weighted by Gasteiger charge is 2.73. The first-order chi connectivity index (χ1) is 14.0. The summed E-state index contributed by atoms with van der Waals surface area (Å²) < 4.78 is 17.9. The molecule has 6 heteroatoms. The largest absolute Gasteiger partial charge is 0.458 e. The van der Waals surface area contributed by atoms with Crippen molar-refractivity contribution in [1.82, 2.24) is 0 Å². The van der Waals surface area contributed by atoms with Gasteiger partial charge in [-0.2, -0.15) is 0 Å². The Morgan fingerprint density at radius 1 is 1.10 bits per heavy atom. The predicted molar refractivity (Wildman–Crippen MR) is 109 cm³/mol. The molecule has 2 aliphatic carbocycles. The van der Waals surface area contributed by atoms with Gasteiger partial charge in [0.25, 0.3) is 0 Å². The minimum absolute atomic E-state index is 0.126. The summed E-state index contributed by atoms with van der Waals surface area (Å²) in [5.74, 6) is -1.16. The number of hydrogen-bond acceptors (Lipinski definition) is 6. The van der Waals surface area contributed by atoms with Gasteiger partial charge in [0.2, 0.25) is 0 Å². The van der Waals surface area contributed by atoms with Gasteiger partial charge in [0, 0.05) is 6.92 Å². The molecule has 30 heavy (non-hydrogen) atoms. The molecule has 2 bridgehead atoms. The maximum Gasteiger partial charge on any atom is 0.338 e. The van der Waals surface area contributed by atoms with E-state index in [1.165, 1.54) is 6.92 Å². The van der Waals surface area contributed by atoms with Crippen LogP contribution in [0, 0.1) is 11.3 Å². The van der Waals surface area contributed by atoms with Crippen LogP contribution in [-0.2, 0) is 23.8 Å². The summed E-state index contributed by atoms with van der Waals surface area (Å²) in [6.07, 6.45) is 1.15. The topological polar surface area (TPSA) is 78.9 Å². The molecule has 5 atom stereocenters. The maximum atomic E-state index is 13.7. The van der Waals surface area contributed by atoms with Crippen LogP contribution in [0.3, 0.4) is 0 Å². The second-order valence-corrected chi connectivity index (χ2v) is 9.38. The van der Waals surface area contributed by atoms with Crippen LogP contribution >= 0.6 is 0 Å². The molecule has 0 unspecified atom stereocenters. The van der Waals surface area contributed by atoms with E-state index in [1.807, 2.05) is 26.8 Å². The summed E-state index contributed by atoms with van der Waals surface area (Å²) in [4.78, 5) is 38.2. The van der Waals surface area contributed by atoms with E-state index in [9.17, 15) is 14.4 Å². The molecule has 1 saturated carbocycles. The molecule has 1 aliphatic heterocycles. The van der Waals surface area contributed by atoms with Crippen LogP contribution in [0.5, 0.6) is 0 Å².